The number of carbonyl (C=O) groups excluding carboxylic acids is 1. The summed E-state index contributed by atoms with van der Waals surface area (Å²) < 4.78 is 6.97. The molecule has 1 fully saturated rings. The number of hydrogen-bond donors (Lipinski definition) is 2. The largest absolute Gasteiger partial charge is 0.375 e. The number of thiocarbonyl (C=S) groups is 1. The average molecular weight is 533 g/mol. The number of anilines is 2. The molecule has 2 atom stereocenters. The summed E-state index contributed by atoms with van der Waals surface area (Å²) in [7, 11) is 1.49. The van der Waals surface area contributed by atoms with Gasteiger partial charge in [0.2, 0.25) is 5.91 Å². The van der Waals surface area contributed by atoms with E-state index in [0.717, 1.165) is 34.1 Å². The molecule has 4 heterocycles. The lowest BCUT2D eigenvalue weighted by Gasteiger charge is -2.29. The Morgan fingerprint density at radius 1 is 1.16 bits per heavy atom. The van der Waals surface area contributed by atoms with Crippen LogP contribution in [0, 0.1) is 6.92 Å². The molecule has 0 spiro atoms. The molecule has 0 bridgehead atoms. The van der Waals surface area contributed by atoms with Gasteiger partial charge in [0.15, 0.2) is 5.11 Å². The van der Waals surface area contributed by atoms with Gasteiger partial charge in [-0.3, -0.25) is 9.78 Å². The minimum Gasteiger partial charge on any atom is -0.375 e. The van der Waals surface area contributed by atoms with Crippen LogP contribution in [0.25, 0.3) is 5.82 Å². The molecule has 0 unspecified atom stereocenters. The van der Waals surface area contributed by atoms with Crippen LogP contribution in [0.4, 0.5) is 11.4 Å². The van der Waals surface area contributed by atoms with Crippen LogP contribution in [-0.2, 0) is 9.53 Å². The molecule has 0 aliphatic carbocycles. The minimum atomic E-state index is -0.233. The molecule has 0 saturated carbocycles. The van der Waals surface area contributed by atoms with Gasteiger partial charge in [-0.25, -0.2) is 4.98 Å². The minimum absolute atomic E-state index is 0.00905. The first-order valence-electron chi connectivity index (χ1n) is 11.7. The van der Waals surface area contributed by atoms with Crippen LogP contribution in [0.3, 0.4) is 0 Å². The van der Waals surface area contributed by atoms with Gasteiger partial charge in [0, 0.05) is 42.8 Å². The smallest absolute Gasteiger partial charge is 0.250 e. The van der Waals surface area contributed by atoms with Crippen molar-refractivity contribution in [2.24, 2.45) is 0 Å². The Bertz CT molecular complexity index is 1430. The highest BCUT2D eigenvalue weighted by molar-refractivity contribution is 7.80. The third kappa shape index (κ3) is 5.06. The summed E-state index contributed by atoms with van der Waals surface area (Å²) in [6, 6.07) is 19.0. The Labute approximate surface area is 225 Å². The fraction of sp³-hybridized carbons (Fsp3) is 0.185. The summed E-state index contributed by atoms with van der Waals surface area (Å²) in [6.07, 6.45) is 5.38. The van der Waals surface area contributed by atoms with Crippen LogP contribution in [0.1, 0.15) is 29.0 Å². The Kier molecular flexibility index (Phi) is 7.18. The van der Waals surface area contributed by atoms with E-state index in [0.29, 0.717) is 10.1 Å². The standard InChI is InChI=1S/C27H25ClN6O2S/c1-17-14-19(9-10-20(17)31-24(35)16-36-2)34-26(25(32-27(34)37)21-6-3-4-12-29-21)22-7-5-13-33(22)23-11-8-18(28)15-30-23/h3-15,25-26H,16H2,1-2H3,(H,31,35)(H,32,37)/t25-,26-/m1/s1. The van der Waals surface area contributed by atoms with E-state index in [1.807, 2.05) is 72.3 Å². The number of rotatable bonds is 7. The molecule has 1 aromatic carbocycles. The van der Waals surface area contributed by atoms with Crippen molar-refractivity contribution in [1.29, 1.82) is 0 Å². The van der Waals surface area contributed by atoms with Crippen molar-refractivity contribution in [2.75, 3.05) is 23.9 Å². The number of hydrogen-bond acceptors (Lipinski definition) is 5. The monoisotopic (exact) mass is 532 g/mol. The molecule has 0 radical (unpaired) electrons. The predicted octanol–water partition coefficient (Wildman–Crippen LogP) is 4.99. The van der Waals surface area contributed by atoms with E-state index in [9.17, 15) is 4.79 Å². The Balaban J connectivity index is 1.58. The maximum absolute atomic E-state index is 12.1. The Morgan fingerprint density at radius 2 is 2.03 bits per heavy atom. The molecule has 1 saturated heterocycles. The number of nitrogens with one attached hydrogen (secondary N) is 2. The van der Waals surface area contributed by atoms with Gasteiger partial charge in [-0.1, -0.05) is 17.7 Å². The summed E-state index contributed by atoms with van der Waals surface area (Å²) in [5, 5.41) is 7.51. The van der Waals surface area contributed by atoms with Gasteiger partial charge in [-0.15, -0.1) is 0 Å². The molecule has 4 aromatic rings. The quantitative estimate of drug-likeness (QED) is 0.324. The second-order valence-corrected chi connectivity index (χ2v) is 9.44. The molecular formula is C27H25ClN6O2S. The molecule has 1 aliphatic heterocycles. The number of pyridine rings is 2. The van der Waals surface area contributed by atoms with E-state index >= 15 is 0 Å². The molecule has 2 N–H and O–H groups in total. The van der Waals surface area contributed by atoms with Crippen molar-refractivity contribution in [3.05, 3.63) is 101 Å². The highest BCUT2D eigenvalue weighted by atomic mass is 35.5. The molecule has 3 aromatic heterocycles. The fourth-order valence-electron chi connectivity index (χ4n) is 4.54. The van der Waals surface area contributed by atoms with Gasteiger partial charge >= 0.3 is 0 Å². The molecular weight excluding hydrogens is 508 g/mol. The molecule has 8 nitrogen and oxygen atoms in total. The van der Waals surface area contributed by atoms with Crippen LogP contribution < -0.4 is 15.5 Å². The van der Waals surface area contributed by atoms with E-state index in [-0.39, 0.29) is 24.6 Å². The first-order chi connectivity index (χ1) is 18.0. The number of nitrogens with zero attached hydrogens (tertiary/aromatic N) is 4. The van der Waals surface area contributed by atoms with Crippen LogP contribution in [0.2, 0.25) is 5.02 Å². The maximum atomic E-state index is 12.1. The van der Waals surface area contributed by atoms with Gasteiger partial charge < -0.3 is 24.8 Å². The number of aromatic nitrogens is 3. The van der Waals surface area contributed by atoms with Crippen molar-refractivity contribution in [3.63, 3.8) is 0 Å². The number of carbonyl (C=O) groups is 1. The molecule has 10 heteroatoms. The molecule has 188 valence electrons. The number of aryl methyl sites for hydroxylation is 1. The van der Waals surface area contributed by atoms with Crippen molar-refractivity contribution in [2.45, 2.75) is 19.0 Å². The van der Waals surface area contributed by atoms with E-state index < -0.39 is 0 Å². The van der Waals surface area contributed by atoms with Crippen molar-refractivity contribution >= 4 is 46.2 Å². The lowest BCUT2D eigenvalue weighted by molar-refractivity contribution is -0.119. The zero-order chi connectivity index (χ0) is 25.9. The SMILES string of the molecule is COCC(=O)Nc1ccc(N2C(=S)N[C@H](c3ccccn3)[C@H]2c2cccn2-c2ccc(Cl)cn2)cc1C. The van der Waals surface area contributed by atoms with Crippen LogP contribution in [-0.4, -0.2) is 39.3 Å². The second-order valence-electron chi connectivity index (χ2n) is 8.61. The highest BCUT2D eigenvalue weighted by Gasteiger charge is 2.42. The predicted molar refractivity (Wildman–Crippen MR) is 148 cm³/mol. The maximum Gasteiger partial charge on any atom is 0.250 e. The normalized spacial score (nSPS) is 17.1. The van der Waals surface area contributed by atoms with Gasteiger partial charge in [-0.2, -0.15) is 0 Å². The van der Waals surface area contributed by atoms with E-state index in [1.54, 1.807) is 12.4 Å². The Morgan fingerprint density at radius 3 is 2.73 bits per heavy atom. The number of ether oxygens (including phenoxy) is 1. The van der Waals surface area contributed by atoms with Crippen LogP contribution in [0.5, 0.6) is 0 Å². The zero-order valence-electron chi connectivity index (χ0n) is 20.3. The van der Waals surface area contributed by atoms with Crippen LogP contribution in [0.15, 0.2) is 79.3 Å². The summed E-state index contributed by atoms with van der Waals surface area (Å²) >= 11 is 12.0. The summed E-state index contributed by atoms with van der Waals surface area (Å²) in [6.45, 7) is 1.94. The van der Waals surface area contributed by atoms with Gasteiger partial charge in [0.05, 0.1) is 16.8 Å². The van der Waals surface area contributed by atoms with Gasteiger partial charge in [-0.05, 0) is 79.3 Å². The van der Waals surface area contributed by atoms with E-state index in [4.69, 9.17) is 28.6 Å². The molecule has 5 rings (SSSR count). The van der Waals surface area contributed by atoms with Crippen molar-refractivity contribution in [3.8, 4) is 5.82 Å². The first-order valence-corrected chi connectivity index (χ1v) is 12.4. The van der Waals surface area contributed by atoms with Gasteiger partial charge in [0.25, 0.3) is 0 Å². The highest BCUT2D eigenvalue weighted by Crippen LogP contribution is 2.42. The number of methoxy groups -OCH3 is 1. The summed E-state index contributed by atoms with van der Waals surface area (Å²) in [5.41, 5.74) is 4.36. The molecule has 37 heavy (non-hydrogen) atoms. The Hall–Kier alpha value is -3.79. The summed E-state index contributed by atoms with van der Waals surface area (Å²) in [4.78, 5) is 23.3. The lowest BCUT2D eigenvalue weighted by atomic mass is 10.0. The van der Waals surface area contributed by atoms with Crippen molar-refractivity contribution < 1.29 is 9.53 Å². The fourth-order valence-corrected chi connectivity index (χ4v) is 5.00. The van der Waals surface area contributed by atoms with Crippen molar-refractivity contribution in [1.82, 2.24) is 19.9 Å². The average Bonchev–Trinajstić information content (AvgIpc) is 3.51. The third-order valence-electron chi connectivity index (χ3n) is 6.18. The number of benzene rings is 1. The number of halogens is 1. The second kappa shape index (κ2) is 10.7. The molecule has 1 amide bonds. The zero-order valence-corrected chi connectivity index (χ0v) is 21.8. The third-order valence-corrected chi connectivity index (χ3v) is 6.72. The molecule has 1 aliphatic rings. The van der Waals surface area contributed by atoms with E-state index in [1.165, 1.54) is 7.11 Å². The van der Waals surface area contributed by atoms with Gasteiger partial charge in [0.1, 0.15) is 18.5 Å². The lowest BCUT2D eigenvalue weighted by Crippen LogP contribution is -2.30. The summed E-state index contributed by atoms with van der Waals surface area (Å²) in [5.74, 6) is 0.535. The van der Waals surface area contributed by atoms with Crippen LogP contribution >= 0.6 is 23.8 Å². The first kappa shape index (κ1) is 24.9. The van der Waals surface area contributed by atoms with E-state index in [2.05, 4.69) is 31.6 Å². The topological polar surface area (TPSA) is 84.3 Å². The number of amides is 1.